The number of fused-ring (bicyclic) bond motifs is 2. The number of carboxylic acid groups (broad SMARTS) is 1. The lowest BCUT2D eigenvalue weighted by molar-refractivity contribution is 0.0694. The third-order valence-electron chi connectivity index (χ3n) is 7.08. The summed E-state index contributed by atoms with van der Waals surface area (Å²) in [4.78, 5) is 46.0. The number of ether oxygens (including phenoxy) is 1. The van der Waals surface area contributed by atoms with Gasteiger partial charge < -0.3 is 19.3 Å². The smallest absolute Gasteiger partial charge is 0.410 e. The zero-order valence-corrected chi connectivity index (χ0v) is 21.0. The molecule has 1 N–H and O–H groups in total. The van der Waals surface area contributed by atoms with Gasteiger partial charge in [-0.05, 0) is 55.5 Å². The van der Waals surface area contributed by atoms with Gasteiger partial charge in [0.1, 0.15) is 17.8 Å². The van der Waals surface area contributed by atoms with Crippen LogP contribution in [0.2, 0.25) is 0 Å². The monoisotopic (exact) mass is 515 g/mol. The molecule has 8 nitrogen and oxygen atoms in total. The van der Waals surface area contributed by atoms with Gasteiger partial charge in [0, 0.05) is 23.7 Å². The number of rotatable bonds is 5. The molecular formula is C28H25N3O5S. The van der Waals surface area contributed by atoms with E-state index >= 15 is 0 Å². The Labute approximate surface area is 216 Å². The Morgan fingerprint density at radius 3 is 2.68 bits per heavy atom. The van der Waals surface area contributed by atoms with Gasteiger partial charge in [0.15, 0.2) is 0 Å². The van der Waals surface area contributed by atoms with Crippen molar-refractivity contribution in [1.82, 2.24) is 14.5 Å². The summed E-state index contributed by atoms with van der Waals surface area (Å²) in [5.74, 6) is -1.22. The Bertz CT molecular complexity index is 1590. The van der Waals surface area contributed by atoms with E-state index in [0.29, 0.717) is 17.6 Å². The van der Waals surface area contributed by atoms with Crippen molar-refractivity contribution in [3.63, 3.8) is 0 Å². The van der Waals surface area contributed by atoms with E-state index in [-0.39, 0.29) is 30.3 Å². The molecule has 188 valence electrons. The normalized spacial score (nSPS) is 17.0. The van der Waals surface area contributed by atoms with E-state index in [1.54, 1.807) is 28.4 Å². The van der Waals surface area contributed by atoms with E-state index in [9.17, 15) is 19.5 Å². The van der Waals surface area contributed by atoms with Crippen LogP contribution in [0.1, 0.15) is 58.2 Å². The first kappa shape index (κ1) is 23.4. The fourth-order valence-corrected chi connectivity index (χ4v) is 6.11. The summed E-state index contributed by atoms with van der Waals surface area (Å²) in [6.45, 7) is 2.81. The van der Waals surface area contributed by atoms with Gasteiger partial charge in [-0.2, -0.15) is 0 Å². The van der Waals surface area contributed by atoms with Gasteiger partial charge in [0.25, 0.3) is 0 Å². The first-order valence-electron chi connectivity index (χ1n) is 12.3. The molecule has 1 aliphatic heterocycles. The van der Waals surface area contributed by atoms with E-state index in [1.807, 2.05) is 41.8 Å². The molecule has 1 unspecified atom stereocenters. The van der Waals surface area contributed by atoms with Crippen molar-refractivity contribution in [1.29, 1.82) is 0 Å². The lowest BCUT2D eigenvalue weighted by Crippen LogP contribution is -2.38. The molecular weight excluding hydrogens is 490 g/mol. The van der Waals surface area contributed by atoms with Gasteiger partial charge in [0.2, 0.25) is 5.43 Å². The van der Waals surface area contributed by atoms with Gasteiger partial charge in [-0.1, -0.05) is 30.3 Å². The van der Waals surface area contributed by atoms with Crippen LogP contribution in [0.25, 0.3) is 21.6 Å². The Morgan fingerprint density at radius 2 is 1.95 bits per heavy atom. The molecule has 4 aromatic rings. The van der Waals surface area contributed by atoms with Crippen LogP contribution in [0.4, 0.5) is 4.79 Å². The SMILES string of the molecule is CC1c2cc(-c3ccc4c(=O)c(C(=O)O)cn(C5CC5)c4n3)sc2CCN1C(=O)OCc1ccccc1. The average molecular weight is 516 g/mol. The number of benzene rings is 1. The molecule has 1 aromatic carbocycles. The molecule has 3 aromatic heterocycles. The maximum Gasteiger partial charge on any atom is 0.410 e. The van der Waals surface area contributed by atoms with E-state index < -0.39 is 11.4 Å². The van der Waals surface area contributed by atoms with Crippen LogP contribution in [-0.2, 0) is 17.8 Å². The Morgan fingerprint density at radius 1 is 1.16 bits per heavy atom. The van der Waals surface area contributed by atoms with Gasteiger partial charge in [0.05, 0.1) is 22.0 Å². The second-order valence-electron chi connectivity index (χ2n) is 9.53. The summed E-state index contributed by atoms with van der Waals surface area (Å²) in [6.07, 6.45) is 3.70. The summed E-state index contributed by atoms with van der Waals surface area (Å²) in [5, 5.41) is 9.80. The molecule has 1 fully saturated rings. The third kappa shape index (κ3) is 4.29. The second-order valence-corrected chi connectivity index (χ2v) is 10.7. The minimum atomic E-state index is -1.22. The highest BCUT2D eigenvalue weighted by atomic mass is 32.1. The van der Waals surface area contributed by atoms with Crippen LogP contribution >= 0.6 is 11.3 Å². The number of carboxylic acids is 1. The number of thiophene rings is 1. The number of amides is 1. The lowest BCUT2D eigenvalue weighted by Gasteiger charge is -2.32. The number of carbonyl (C=O) groups is 2. The number of hydrogen-bond acceptors (Lipinski definition) is 6. The number of pyridine rings is 2. The Hall–Kier alpha value is -3.98. The third-order valence-corrected chi connectivity index (χ3v) is 8.31. The van der Waals surface area contributed by atoms with E-state index in [2.05, 4.69) is 6.07 Å². The zero-order chi connectivity index (χ0) is 25.7. The van der Waals surface area contributed by atoms with Crippen LogP contribution in [0.3, 0.4) is 0 Å². The van der Waals surface area contributed by atoms with E-state index in [0.717, 1.165) is 41.0 Å². The molecule has 0 radical (unpaired) electrons. The average Bonchev–Trinajstić information content (AvgIpc) is 3.65. The topological polar surface area (TPSA) is 102 Å². The van der Waals surface area contributed by atoms with Gasteiger partial charge in [-0.15, -0.1) is 11.3 Å². The minimum Gasteiger partial charge on any atom is -0.477 e. The Kier molecular flexibility index (Phi) is 5.79. The van der Waals surface area contributed by atoms with Crippen LogP contribution in [0.5, 0.6) is 0 Å². The largest absolute Gasteiger partial charge is 0.477 e. The molecule has 37 heavy (non-hydrogen) atoms. The number of nitrogens with zero attached hydrogens (tertiary/aromatic N) is 3. The summed E-state index contributed by atoms with van der Waals surface area (Å²) in [6, 6.07) is 15.2. The molecule has 6 rings (SSSR count). The number of carbonyl (C=O) groups excluding carboxylic acids is 1. The fourth-order valence-electron chi connectivity index (χ4n) is 4.90. The predicted octanol–water partition coefficient (Wildman–Crippen LogP) is 5.41. The second kappa shape index (κ2) is 9.15. The molecule has 1 amide bonds. The molecule has 1 aliphatic carbocycles. The molecule has 1 saturated carbocycles. The highest BCUT2D eigenvalue weighted by molar-refractivity contribution is 7.15. The fraction of sp³-hybridized carbons (Fsp3) is 0.286. The van der Waals surface area contributed by atoms with Crippen LogP contribution < -0.4 is 5.43 Å². The molecule has 2 aliphatic rings. The maximum atomic E-state index is 12.9. The van der Waals surface area contributed by atoms with E-state index in [1.165, 1.54) is 11.1 Å². The maximum absolute atomic E-state index is 12.9. The van der Waals surface area contributed by atoms with Crippen molar-refractivity contribution in [3.8, 4) is 10.6 Å². The zero-order valence-electron chi connectivity index (χ0n) is 20.2. The van der Waals surface area contributed by atoms with Crippen molar-refractivity contribution < 1.29 is 19.4 Å². The predicted molar refractivity (Wildman–Crippen MR) is 140 cm³/mol. The Balaban J connectivity index is 1.29. The molecule has 0 saturated heterocycles. The van der Waals surface area contributed by atoms with Crippen LogP contribution in [-0.4, -0.2) is 38.2 Å². The van der Waals surface area contributed by atoms with Gasteiger partial charge in [-0.3, -0.25) is 4.79 Å². The van der Waals surface area contributed by atoms with Gasteiger partial charge in [-0.25, -0.2) is 14.6 Å². The standard InChI is InChI=1S/C28H25N3O5S/c1-16-20-13-24(37-23(20)11-12-30(16)28(35)36-15-17-5-3-2-4-6-17)22-10-9-19-25(32)21(27(33)34)14-31(18-7-8-18)26(19)29-22/h2-6,9-10,13-14,16,18H,7-8,11-12,15H2,1H3,(H,33,34). The quantitative estimate of drug-likeness (QED) is 0.381. The molecule has 9 heteroatoms. The van der Waals surface area contributed by atoms with E-state index in [4.69, 9.17) is 9.72 Å². The summed E-state index contributed by atoms with van der Waals surface area (Å²) in [5.41, 5.74) is 2.53. The summed E-state index contributed by atoms with van der Waals surface area (Å²) in [7, 11) is 0. The van der Waals surface area contributed by atoms with Crippen LogP contribution in [0, 0.1) is 0 Å². The summed E-state index contributed by atoms with van der Waals surface area (Å²) >= 11 is 1.64. The number of aromatic nitrogens is 2. The first-order valence-corrected chi connectivity index (χ1v) is 13.1. The molecule has 0 bridgehead atoms. The van der Waals surface area contributed by atoms with Crippen molar-refractivity contribution in [2.45, 2.75) is 44.9 Å². The van der Waals surface area contributed by atoms with Gasteiger partial charge >= 0.3 is 12.1 Å². The highest BCUT2D eigenvalue weighted by Crippen LogP contribution is 2.41. The van der Waals surface area contributed by atoms with Crippen molar-refractivity contribution in [3.05, 3.63) is 86.5 Å². The number of aromatic carboxylic acids is 1. The first-order chi connectivity index (χ1) is 17.9. The van der Waals surface area contributed by atoms with Crippen molar-refractivity contribution in [2.75, 3.05) is 6.54 Å². The minimum absolute atomic E-state index is 0.139. The van der Waals surface area contributed by atoms with Crippen molar-refractivity contribution in [2.24, 2.45) is 0 Å². The summed E-state index contributed by atoms with van der Waals surface area (Å²) < 4.78 is 7.41. The highest BCUT2D eigenvalue weighted by Gasteiger charge is 2.31. The molecule has 4 heterocycles. The molecule has 1 atom stereocenters. The number of hydrogen-bond donors (Lipinski definition) is 1. The lowest BCUT2D eigenvalue weighted by atomic mass is 10.0. The van der Waals surface area contributed by atoms with Crippen molar-refractivity contribution >= 4 is 34.4 Å². The van der Waals surface area contributed by atoms with Crippen LogP contribution in [0.15, 0.2) is 59.5 Å². The molecule has 0 spiro atoms.